The molecule has 2 amide bonds. The first-order valence-electron chi connectivity index (χ1n) is 10.5. The Morgan fingerprint density at radius 3 is 2.39 bits per heavy atom. The summed E-state index contributed by atoms with van der Waals surface area (Å²) in [6, 6.07) is 13.2. The molecule has 0 aromatic heterocycles. The monoisotopic (exact) mass is 443 g/mol. The number of nitrogens with zero attached hydrogens (tertiary/aromatic N) is 1. The van der Waals surface area contributed by atoms with Crippen LogP contribution in [0.25, 0.3) is 0 Å². The Morgan fingerprint density at radius 1 is 1.06 bits per heavy atom. The van der Waals surface area contributed by atoms with Crippen LogP contribution in [0.15, 0.2) is 53.4 Å². The molecule has 3 rings (SSSR count). The summed E-state index contributed by atoms with van der Waals surface area (Å²) in [6.07, 6.45) is 0.981. The van der Waals surface area contributed by atoms with E-state index in [1.165, 1.54) is 16.4 Å². The molecule has 0 bridgehead atoms. The van der Waals surface area contributed by atoms with Crippen molar-refractivity contribution in [1.29, 1.82) is 0 Å². The van der Waals surface area contributed by atoms with Gasteiger partial charge in [-0.05, 0) is 55.7 Å². The number of rotatable bonds is 7. The van der Waals surface area contributed by atoms with Crippen LogP contribution >= 0.6 is 0 Å². The van der Waals surface area contributed by atoms with Crippen LogP contribution in [0.1, 0.15) is 50.8 Å². The van der Waals surface area contributed by atoms with Crippen LogP contribution in [-0.4, -0.2) is 37.1 Å². The molecule has 0 aliphatic carbocycles. The lowest BCUT2D eigenvalue weighted by molar-refractivity contribution is -0.122. The zero-order valence-electron chi connectivity index (χ0n) is 18.1. The second-order valence-corrected chi connectivity index (χ2v) is 9.82. The number of benzene rings is 2. The van der Waals surface area contributed by atoms with Gasteiger partial charge >= 0.3 is 0 Å². The quantitative estimate of drug-likeness (QED) is 0.687. The number of fused-ring (bicyclic) bond motifs is 1. The Morgan fingerprint density at radius 2 is 1.74 bits per heavy atom. The fraction of sp³-hybridized carbons (Fsp3) is 0.391. The Balaban J connectivity index is 1.92. The smallest absolute Gasteiger partial charge is 0.243 e. The van der Waals surface area contributed by atoms with Crippen molar-refractivity contribution >= 4 is 27.5 Å². The summed E-state index contributed by atoms with van der Waals surface area (Å²) >= 11 is 0. The summed E-state index contributed by atoms with van der Waals surface area (Å²) < 4.78 is 28.4. The molecule has 0 saturated heterocycles. The lowest BCUT2D eigenvalue weighted by Gasteiger charge is -2.36. The molecule has 166 valence electrons. The van der Waals surface area contributed by atoms with Crippen LogP contribution in [0.3, 0.4) is 0 Å². The van der Waals surface area contributed by atoms with Crippen molar-refractivity contribution in [1.82, 2.24) is 9.62 Å². The fourth-order valence-corrected chi connectivity index (χ4v) is 5.39. The van der Waals surface area contributed by atoms with Gasteiger partial charge in [-0.2, -0.15) is 4.31 Å². The van der Waals surface area contributed by atoms with Crippen molar-refractivity contribution in [2.24, 2.45) is 0 Å². The van der Waals surface area contributed by atoms with E-state index in [9.17, 15) is 18.0 Å². The molecular formula is C23H29N3O4S. The van der Waals surface area contributed by atoms with Gasteiger partial charge in [-0.3, -0.25) is 9.59 Å². The summed E-state index contributed by atoms with van der Waals surface area (Å²) in [5, 5.41) is 5.58. The lowest BCUT2D eigenvalue weighted by Crippen LogP contribution is -2.43. The minimum atomic E-state index is -3.84. The van der Waals surface area contributed by atoms with Crippen molar-refractivity contribution in [3.63, 3.8) is 0 Å². The van der Waals surface area contributed by atoms with Crippen molar-refractivity contribution in [3.8, 4) is 0 Å². The zero-order valence-corrected chi connectivity index (χ0v) is 18.9. The van der Waals surface area contributed by atoms with Gasteiger partial charge in [0.25, 0.3) is 0 Å². The summed E-state index contributed by atoms with van der Waals surface area (Å²) in [7, 11) is -3.84. The number of nitrogens with one attached hydrogen (secondary N) is 2. The van der Waals surface area contributed by atoms with E-state index >= 15 is 0 Å². The van der Waals surface area contributed by atoms with Gasteiger partial charge in [0.05, 0.1) is 10.9 Å². The Kier molecular flexibility index (Phi) is 7.12. The highest BCUT2D eigenvalue weighted by molar-refractivity contribution is 7.89. The summed E-state index contributed by atoms with van der Waals surface area (Å²) in [5.74, 6) is -0.325. The molecule has 0 spiro atoms. The fourth-order valence-electron chi connectivity index (χ4n) is 3.78. The van der Waals surface area contributed by atoms with Crippen molar-refractivity contribution < 1.29 is 18.0 Å². The van der Waals surface area contributed by atoms with Crippen LogP contribution < -0.4 is 10.6 Å². The van der Waals surface area contributed by atoms with Crippen LogP contribution in [0.2, 0.25) is 0 Å². The zero-order chi connectivity index (χ0) is 22.6. The van der Waals surface area contributed by atoms with Gasteiger partial charge in [0, 0.05) is 31.1 Å². The van der Waals surface area contributed by atoms with Crippen LogP contribution in [0.5, 0.6) is 0 Å². The van der Waals surface area contributed by atoms with Crippen molar-refractivity contribution in [2.45, 2.75) is 57.0 Å². The molecule has 1 atom stereocenters. The number of amides is 2. The standard InChI is InChI=1S/C23H29N3O4S/c1-4-22(27)25-18-9-11-19(12-10-18)31(29,30)26-14-13-17-7-5-6-8-20(17)21(26)15-23(28)24-16(2)3/h5-12,16,21H,4,13-15H2,1-3H3,(H,24,28)(H,25,27)/t21-/m0/s1. The average molecular weight is 444 g/mol. The van der Waals surface area contributed by atoms with Gasteiger partial charge in [0.15, 0.2) is 0 Å². The topological polar surface area (TPSA) is 95.6 Å². The average Bonchev–Trinajstić information content (AvgIpc) is 2.73. The number of anilines is 1. The van der Waals surface area contributed by atoms with Crippen molar-refractivity contribution in [2.75, 3.05) is 11.9 Å². The largest absolute Gasteiger partial charge is 0.354 e. The summed E-state index contributed by atoms with van der Waals surface area (Å²) in [6.45, 7) is 5.80. The highest BCUT2D eigenvalue weighted by Gasteiger charge is 2.37. The second kappa shape index (κ2) is 9.62. The van der Waals surface area contributed by atoms with Crippen LogP contribution in [0.4, 0.5) is 5.69 Å². The predicted molar refractivity (Wildman–Crippen MR) is 120 cm³/mol. The second-order valence-electron chi connectivity index (χ2n) is 7.93. The maximum Gasteiger partial charge on any atom is 0.243 e. The van der Waals surface area contributed by atoms with E-state index in [1.807, 2.05) is 38.1 Å². The number of sulfonamides is 1. The van der Waals surface area contributed by atoms with E-state index in [0.29, 0.717) is 25.1 Å². The molecule has 2 N–H and O–H groups in total. The first kappa shape index (κ1) is 23.0. The number of carbonyl (C=O) groups is 2. The molecule has 7 nitrogen and oxygen atoms in total. The van der Waals surface area contributed by atoms with Gasteiger partial charge in [0.2, 0.25) is 21.8 Å². The molecular weight excluding hydrogens is 414 g/mol. The molecule has 0 fully saturated rings. The van der Waals surface area contributed by atoms with E-state index in [-0.39, 0.29) is 29.2 Å². The molecule has 0 saturated carbocycles. The number of hydrogen-bond donors (Lipinski definition) is 2. The third-order valence-corrected chi connectivity index (χ3v) is 7.18. The summed E-state index contributed by atoms with van der Waals surface area (Å²) in [5.41, 5.74) is 2.47. The number of hydrogen-bond acceptors (Lipinski definition) is 4. The maximum atomic E-state index is 13.5. The molecule has 2 aromatic carbocycles. The van der Waals surface area contributed by atoms with E-state index in [4.69, 9.17) is 0 Å². The van der Waals surface area contributed by atoms with Gasteiger partial charge in [0.1, 0.15) is 0 Å². The minimum absolute atomic E-state index is 0.0257. The molecule has 1 aliphatic rings. The maximum absolute atomic E-state index is 13.5. The number of carbonyl (C=O) groups excluding carboxylic acids is 2. The third-order valence-electron chi connectivity index (χ3n) is 5.26. The van der Waals surface area contributed by atoms with Gasteiger partial charge in [-0.1, -0.05) is 31.2 Å². The Bertz CT molecular complexity index is 1050. The minimum Gasteiger partial charge on any atom is -0.354 e. The van der Waals surface area contributed by atoms with E-state index in [0.717, 1.165) is 11.1 Å². The highest BCUT2D eigenvalue weighted by Crippen LogP contribution is 2.36. The summed E-state index contributed by atoms with van der Waals surface area (Å²) in [4.78, 5) is 24.3. The molecule has 0 radical (unpaired) electrons. The third kappa shape index (κ3) is 5.32. The molecule has 1 aliphatic heterocycles. The highest BCUT2D eigenvalue weighted by atomic mass is 32.2. The molecule has 1 heterocycles. The first-order valence-corrected chi connectivity index (χ1v) is 11.9. The van der Waals surface area contributed by atoms with Crippen LogP contribution in [0, 0.1) is 0 Å². The van der Waals surface area contributed by atoms with E-state index in [2.05, 4.69) is 10.6 Å². The molecule has 31 heavy (non-hydrogen) atoms. The lowest BCUT2D eigenvalue weighted by atomic mass is 9.92. The van der Waals surface area contributed by atoms with E-state index in [1.54, 1.807) is 19.1 Å². The van der Waals surface area contributed by atoms with Crippen LogP contribution in [-0.2, 0) is 26.0 Å². The SMILES string of the molecule is CCC(=O)Nc1ccc(S(=O)(=O)N2CCc3ccccc3[C@@H]2CC(=O)NC(C)C)cc1. The predicted octanol–water partition coefficient (Wildman–Crippen LogP) is 3.24. The van der Waals surface area contributed by atoms with Gasteiger partial charge in [-0.25, -0.2) is 8.42 Å². The Labute approximate surface area is 183 Å². The van der Waals surface area contributed by atoms with Gasteiger partial charge < -0.3 is 10.6 Å². The first-order chi connectivity index (χ1) is 14.7. The van der Waals surface area contributed by atoms with Crippen molar-refractivity contribution in [3.05, 3.63) is 59.7 Å². The molecule has 8 heteroatoms. The Hall–Kier alpha value is -2.71. The molecule has 0 unspecified atom stereocenters. The van der Waals surface area contributed by atoms with E-state index < -0.39 is 16.1 Å². The normalized spacial score (nSPS) is 16.6. The molecule has 2 aromatic rings. The van der Waals surface area contributed by atoms with Gasteiger partial charge in [-0.15, -0.1) is 0 Å².